The number of non-ortho nitro benzene ring substituents is 1. The summed E-state index contributed by atoms with van der Waals surface area (Å²) in [6.07, 6.45) is 0. The Kier molecular flexibility index (Phi) is 4.38. The monoisotopic (exact) mass is 388 g/mol. The minimum Gasteiger partial charge on any atom is -0.282 e. The van der Waals surface area contributed by atoms with E-state index in [1.807, 2.05) is 0 Å². The largest absolute Gasteiger partial charge is 0.295 e. The number of nitro benzene ring substituents is 2. The van der Waals surface area contributed by atoms with Crippen LogP contribution < -0.4 is 0 Å². The predicted octanol–water partition coefficient (Wildman–Crippen LogP) is 3.88. The summed E-state index contributed by atoms with van der Waals surface area (Å²) >= 11 is 0. The zero-order valence-corrected chi connectivity index (χ0v) is 14.6. The molecule has 0 amide bonds. The number of nitrogens with zero attached hydrogens (tertiary/aromatic N) is 2. The molecule has 1 N–H and O–H groups in total. The van der Waals surface area contributed by atoms with Crippen LogP contribution in [0.2, 0.25) is 0 Å². The molecule has 0 saturated heterocycles. The summed E-state index contributed by atoms with van der Waals surface area (Å²) in [4.78, 5) is 20.9. The van der Waals surface area contributed by atoms with Crippen LogP contribution in [0.15, 0.2) is 53.4 Å². The van der Waals surface area contributed by atoms with Gasteiger partial charge in [0.2, 0.25) is 0 Å². The van der Waals surface area contributed by atoms with Crippen LogP contribution >= 0.6 is 0 Å². The van der Waals surface area contributed by atoms with Gasteiger partial charge in [-0.1, -0.05) is 29.8 Å². The Morgan fingerprint density at radius 3 is 2.04 bits per heavy atom. The molecule has 0 saturated carbocycles. The van der Waals surface area contributed by atoms with E-state index in [2.05, 4.69) is 0 Å². The number of aryl methyl sites for hydroxylation is 1. The minimum absolute atomic E-state index is 0.102. The van der Waals surface area contributed by atoms with Crippen LogP contribution in [0.3, 0.4) is 0 Å². The van der Waals surface area contributed by atoms with Gasteiger partial charge >= 0.3 is 0 Å². The van der Waals surface area contributed by atoms with E-state index in [-0.39, 0.29) is 21.9 Å². The van der Waals surface area contributed by atoms with Crippen molar-refractivity contribution in [3.05, 3.63) is 74.3 Å². The average Bonchev–Trinajstić information content (AvgIpc) is 2.58. The third kappa shape index (κ3) is 3.23. The fraction of sp³-hybridized carbons (Fsp3) is 0.0588. The lowest BCUT2D eigenvalue weighted by Crippen LogP contribution is -2.04. The van der Waals surface area contributed by atoms with Crippen molar-refractivity contribution in [3.8, 4) is 11.1 Å². The van der Waals surface area contributed by atoms with Gasteiger partial charge in [-0.15, -0.1) is 0 Å². The van der Waals surface area contributed by atoms with Crippen molar-refractivity contribution in [1.29, 1.82) is 0 Å². The average molecular weight is 388 g/mol. The zero-order valence-electron chi connectivity index (χ0n) is 13.8. The molecule has 0 spiro atoms. The molecule has 0 aliphatic carbocycles. The Balaban J connectivity index is 2.59. The fourth-order valence-electron chi connectivity index (χ4n) is 2.98. The molecule has 0 aromatic heterocycles. The van der Waals surface area contributed by atoms with Crippen LogP contribution in [0.5, 0.6) is 0 Å². The summed E-state index contributed by atoms with van der Waals surface area (Å²) in [5.41, 5.74) is -0.722. The van der Waals surface area contributed by atoms with Gasteiger partial charge in [0.15, 0.2) is 0 Å². The molecule has 0 atom stereocenters. The molecular formula is C17H12N2O7S. The summed E-state index contributed by atoms with van der Waals surface area (Å²) < 4.78 is 33.2. The summed E-state index contributed by atoms with van der Waals surface area (Å²) in [7, 11) is -4.69. The number of nitro groups is 2. The van der Waals surface area contributed by atoms with E-state index in [9.17, 15) is 33.2 Å². The van der Waals surface area contributed by atoms with Gasteiger partial charge in [-0.05, 0) is 25.1 Å². The molecule has 0 heterocycles. The first kappa shape index (κ1) is 18.4. The number of hydrogen-bond donors (Lipinski definition) is 1. The molecule has 27 heavy (non-hydrogen) atoms. The molecule has 3 aromatic rings. The quantitative estimate of drug-likeness (QED) is 0.406. The van der Waals surface area contributed by atoms with Crippen LogP contribution in [-0.2, 0) is 10.1 Å². The van der Waals surface area contributed by atoms with Crippen molar-refractivity contribution in [2.24, 2.45) is 0 Å². The van der Waals surface area contributed by atoms with Crippen molar-refractivity contribution in [3.63, 3.8) is 0 Å². The maximum atomic E-state index is 11.8. The summed E-state index contributed by atoms with van der Waals surface area (Å²) in [6, 6.07) is 10.7. The highest BCUT2D eigenvalue weighted by molar-refractivity contribution is 7.86. The standard InChI is InChI=1S/C17H12N2O7S/c1-10-6-7-16(27(24,25)26)13(8-10)17-12-5-3-2-4-11(12)14(18(20)21)9-15(17)19(22)23/h2-9H,1H3,(H,24,25,26). The number of rotatable bonds is 4. The number of fused-ring (bicyclic) bond motifs is 1. The Morgan fingerprint density at radius 1 is 0.889 bits per heavy atom. The highest BCUT2D eigenvalue weighted by atomic mass is 32.2. The van der Waals surface area contributed by atoms with E-state index in [0.29, 0.717) is 5.56 Å². The third-order valence-corrected chi connectivity index (χ3v) is 4.99. The van der Waals surface area contributed by atoms with Crippen LogP contribution in [-0.4, -0.2) is 22.8 Å². The Morgan fingerprint density at radius 2 is 1.48 bits per heavy atom. The topological polar surface area (TPSA) is 141 Å². The van der Waals surface area contributed by atoms with Gasteiger partial charge in [-0.3, -0.25) is 24.8 Å². The van der Waals surface area contributed by atoms with Crippen molar-refractivity contribution < 1.29 is 22.8 Å². The molecular weight excluding hydrogens is 376 g/mol. The smallest absolute Gasteiger partial charge is 0.282 e. The Bertz CT molecular complexity index is 1220. The van der Waals surface area contributed by atoms with E-state index in [0.717, 1.165) is 12.1 Å². The molecule has 0 bridgehead atoms. The van der Waals surface area contributed by atoms with E-state index in [4.69, 9.17) is 0 Å². The lowest BCUT2D eigenvalue weighted by atomic mass is 9.94. The molecule has 138 valence electrons. The summed E-state index contributed by atoms with van der Waals surface area (Å²) in [6.45, 7) is 1.65. The van der Waals surface area contributed by atoms with Gasteiger partial charge in [0.05, 0.1) is 26.9 Å². The summed E-state index contributed by atoms with van der Waals surface area (Å²) in [5, 5.41) is 23.2. The molecule has 0 aliphatic heterocycles. The Hall–Kier alpha value is -3.37. The molecule has 0 radical (unpaired) electrons. The van der Waals surface area contributed by atoms with Crippen molar-refractivity contribution in [1.82, 2.24) is 0 Å². The second kappa shape index (κ2) is 6.41. The Labute approximate surface area is 152 Å². The first-order valence-electron chi connectivity index (χ1n) is 7.54. The molecule has 0 aliphatic rings. The maximum Gasteiger partial charge on any atom is 0.295 e. The van der Waals surface area contributed by atoms with E-state index in [1.165, 1.54) is 36.4 Å². The van der Waals surface area contributed by atoms with Crippen LogP contribution in [0.25, 0.3) is 21.9 Å². The summed E-state index contributed by atoms with van der Waals surface area (Å²) in [5.74, 6) is 0. The lowest BCUT2D eigenvalue weighted by Gasteiger charge is -2.12. The second-order valence-electron chi connectivity index (χ2n) is 5.82. The highest BCUT2D eigenvalue weighted by Gasteiger charge is 2.29. The molecule has 0 fully saturated rings. The van der Waals surface area contributed by atoms with Crippen molar-refractivity contribution in [2.45, 2.75) is 11.8 Å². The first-order valence-corrected chi connectivity index (χ1v) is 8.98. The molecule has 9 nitrogen and oxygen atoms in total. The van der Waals surface area contributed by atoms with Gasteiger partial charge in [0.25, 0.3) is 21.5 Å². The van der Waals surface area contributed by atoms with E-state index in [1.54, 1.807) is 6.92 Å². The van der Waals surface area contributed by atoms with Crippen LogP contribution in [0.1, 0.15) is 5.56 Å². The van der Waals surface area contributed by atoms with E-state index >= 15 is 0 Å². The van der Waals surface area contributed by atoms with Gasteiger partial charge < -0.3 is 0 Å². The molecule has 10 heteroatoms. The minimum atomic E-state index is -4.69. The van der Waals surface area contributed by atoms with Crippen LogP contribution in [0.4, 0.5) is 11.4 Å². The van der Waals surface area contributed by atoms with Crippen molar-refractivity contribution in [2.75, 3.05) is 0 Å². The second-order valence-corrected chi connectivity index (χ2v) is 7.21. The maximum absolute atomic E-state index is 11.8. The molecule has 3 rings (SSSR count). The number of benzene rings is 3. The van der Waals surface area contributed by atoms with Gasteiger partial charge in [0, 0.05) is 10.9 Å². The normalized spacial score (nSPS) is 11.5. The highest BCUT2D eigenvalue weighted by Crippen LogP contribution is 2.43. The molecule has 3 aromatic carbocycles. The zero-order chi connectivity index (χ0) is 19.9. The number of hydrogen-bond acceptors (Lipinski definition) is 6. The fourth-order valence-corrected chi connectivity index (χ4v) is 3.66. The van der Waals surface area contributed by atoms with Gasteiger partial charge in [-0.25, -0.2) is 0 Å². The predicted molar refractivity (Wildman–Crippen MR) is 97.2 cm³/mol. The van der Waals surface area contributed by atoms with Crippen molar-refractivity contribution >= 4 is 32.3 Å². The molecule has 0 unspecified atom stereocenters. The first-order chi connectivity index (χ1) is 12.6. The SMILES string of the molecule is Cc1ccc(S(=O)(=O)O)c(-c2c([N+](=O)[O-])cc([N+](=O)[O-])c3ccccc23)c1. The van der Waals surface area contributed by atoms with E-state index < -0.39 is 36.2 Å². The van der Waals surface area contributed by atoms with Gasteiger partial charge in [0.1, 0.15) is 4.90 Å². The third-order valence-electron chi connectivity index (χ3n) is 4.08. The van der Waals surface area contributed by atoms with Crippen LogP contribution in [0, 0.1) is 27.2 Å². The lowest BCUT2D eigenvalue weighted by molar-refractivity contribution is -0.392. The van der Waals surface area contributed by atoms with Gasteiger partial charge in [-0.2, -0.15) is 8.42 Å².